The van der Waals surface area contributed by atoms with Gasteiger partial charge >= 0.3 is 0 Å². The Labute approximate surface area is 130 Å². The van der Waals surface area contributed by atoms with E-state index in [1.165, 1.54) is 51.4 Å². The molecule has 21 heavy (non-hydrogen) atoms. The van der Waals surface area contributed by atoms with Crippen molar-refractivity contribution in [3.63, 3.8) is 0 Å². The van der Waals surface area contributed by atoms with Crippen molar-refractivity contribution >= 4 is 0 Å². The van der Waals surface area contributed by atoms with E-state index in [9.17, 15) is 0 Å². The number of nitrogens with one attached hydrogen (secondary N) is 1. The number of hydrogen-bond donors (Lipinski definition) is 1. The van der Waals surface area contributed by atoms with Crippen LogP contribution in [0.4, 0.5) is 0 Å². The first-order valence-corrected chi connectivity index (χ1v) is 9.13. The predicted octanol–water partition coefficient (Wildman–Crippen LogP) is 5.58. The van der Waals surface area contributed by atoms with Crippen molar-refractivity contribution in [1.82, 2.24) is 5.32 Å². The zero-order valence-electron chi connectivity index (χ0n) is 13.8. The maximum atomic E-state index is 3.88. The second kappa shape index (κ2) is 6.52. The van der Waals surface area contributed by atoms with Gasteiger partial charge in [-0.25, -0.2) is 0 Å². The summed E-state index contributed by atoms with van der Waals surface area (Å²) in [4.78, 5) is 0. The third-order valence-corrected chi connectivity index (χ3v) is 6.18. The smallest absolute Gasteiger partial charge is 0.0379 e. The van der Waals surface area contributed by atoms with Gasteiger partial charge in [0.05, 0.1) is 0 Å². The molecule has 0 aromatic heterocycles. The highest BCUT2D eigenvalue weighted by atomic mass is 14.9. The molecule has 116 valence electrons. The van der Waals surface area contributed by atoms with Gasteiger partial charge in [-0.2, -0.15) is 0 Å². The molecule has 0 spiro atoms. The average Bonchev–Trinajstić information content (AvgIpc) is 2.94. The normalized spacial score (nSPS) is 23.0. The van der Waals surface area contributed by atoms with E-state index in [1.54, 1.807) is 11.1 Å². The first-order chi connectivity index (χ1) is 10.3. The molecule has 2 saturated carbocycles. The Morgan fingerprint density at radius 2 is 1.81 bits per heavy atom. The lowest BCUT2D eigenvalue weighted by molar-refractivity contribution is 0.187. The molecule has 1 unspecified atom stereocenters. The van der Waals surface area contributed by atoms with Crippen LogP contribution in [0, 0.1) is 5.41 Å². The lowest BCUT2D eigenvalue weighted by Gasteiger charge is -2.40. The van der Waals surface area contributed by atoms with Gasteiger partial charge in [0.25, 0.3) is 0 Å². The molecule has 2 aliphatic carbocycles. The Bertz CT molecular complexity index is 455. The van der Waals surface area contributed by atoms with Gasteiger partial charge in [0.15, 0.2) is 0 Å². The summed E-state index contributed by atoms with van der Waals surface area (Å²) in [5, 5.41) is 3.88. The molecular formula is C20H31N. The fraction of sp³-hybridized carbons (Fsp3) is 0.700. The summed E-state index contributed by atoms with van der Waals surface area (Å²) >= 11 is 0. The molecule has 0 saturated heterocycles. The van der Waals surface area contributed by atoms with Crippen molar-refractivity contribution in [2.24, 2.45) is 5.41 Å². The van der Waals surface area contributed by atoms with Gasteiger partial charge in [-0.1, -0.05) is 57.4 Å². The van der Waals surface area contributed by atoms with Crippen LogP contribution in [0.5, 0.6) is 0 Å². The van der Waals surface area contributed by atoms with Crippen LogP contribution in [0.25, 0.3) is 0 Å². The maximum Gasteiger partial charge on any atom is 0.0379 e. The Balaban J connectivity index is 1.97. The molecule has 0 bridgehead atoms. The Morgan fingerprint density at radius 3 is 2.38 bits per heavy atom. The maximum absolute atomic E-state index is 3.88. The van der Waals surface area contributed by atoms with Gasteiger partial charge in [0, 0.05) is 6.04 Å². The summed E-state index contributed by atoms with van der Waals surface area (Å²) in [5.41, 5.74) is 3.76. The zero-order valence-corrected chi connectivity index (χ0v) is 13.8. The minimum absolute atomic E-state index is 0.496. The third kappa shape index (κ3) is 2.77. The van der Waals surface area contributed by atoms with Crippen LogP contribution in [0.2, 0.25) is 0 Å². The van der Waals surface area contributed by atoms with Gasteiger partial charge in [0.2, 0.25) is 0 Å². The molecule has 1 N–H and O–H groups in total. The van der Waals surface area contributed by atoms with Crippen LogP contribution < -0.4 is 5.32 Å². The van der Waals surface area contributed by atoms with E-state index in [2.05, 4.69) is 43.4 Å². The van der Waals surface area contributed by atoms with Gasteiger partial charge in [-0.15, -0.1) is 0 Å². The van der Waals surface area contributed by atoms with Crippen LogP contribution >= 0.6 is 0 Å². The Morgan fingerprint density at radius 1 is 1.10 bits per heavy atom. The van der Waals surface area contributed by atoms with Crippen molar-refractivity contribution in [1.29, 1.82) is 0 Å². The molecule has 0 amide bonds. The van der Waals surface area contributed by atoms with Crippen molar-refractivity contribution in [2.75, 3.05) is 6.54 Å². The molecular weight excluding hydrogens is 254 g/mol. The molecule has 2 fully saturated rings. The number of hydrogen-bond acceptors (Lipinski definition) is 1. The van der Waals surface area contributed by atoms with Crippen molar-refractivity contribution in [2.45, 2.75) is 77.2 Å². The van der Waals surface area contributed by atoms with E-state index < -0.39 is 0 Å². The third-order valence-electron chi connectivity index (χ3n) is 6.18. The minimum atomic E-state index is 0.496. The lowest BCUT2D eigenvalue weighted by atomic mass is 9.69. The van der Waals surface area contributed by atoms with Crippen LogP contribution in [0.1, 0.15) is 88.3 Å². The van der Waals surface area contributed by atoms with Gasteiger partial charge in [-0.05, 0) is 61.1 Å². The number of benzene rings is 1. The second-order valence-electron chi connectivity index (χ2n) is 7.17. The molecule has 0 heterocycles. The highest BCUT2D eigenvalue weighted by molar-refractivity contribution is 5.35. The van der Waals surface area contributed by atoms with E-state index in [1.807, 2.05) is 0 Å². The highest BCUT2D eigenvalue weighted by Crippen LogP contribution is 2.52. The largest absolute Gasteiger partial charge is 0.310 e. The van der Waals surface area contributed by atoms with Crippen molar-refractivity contribution in [3.8, 4) is 0 Å². The first kappa shape index (κ1) is 15.1. The average molecular weight is 285 g/mol. The minimum Gasteiger partial charge on any atom is -0.310 e. The Hall–Kier alpha value is -0.820. The molecule has 1 atom stereocenters. The SMILES string of the molecule is CCNC(c1ccccc1C1CCC1)C1(CC)CCCC1. The van der Waals surface area contributed by atoms with Crippen LogP contribution in [0.3, 0.4) is 0 Å². The van der Waals surface area contributed by atoms with Crippen molar-refractivity contribution < 1.29 is 0 Å². The molecule has 1 aromatic carbocycles. The molecule has 0 aliphatic heterocycles. The van der Waals surface area contributed by atoms with Gasteiger partial charge in [-0.3, -0.25) is 0 Å². The van der Waals surface area contributed by atoms with Gasteiger partial charge < -0.3 is 5.32 Å². The Kier molecular flexibility index (Phi) is 4.69. The topological polar surface area (TPSA) is 12.0 Å². The summed E-state index contributed by atoms with van der Waals surface area (Å²) in [6, 6.07) is 9.87. The quantitative estimate of drug-likeness (QED) is 0.720. The molecule has 1 aromatic rings. The molecule has 2 aliphatic rings. The van der Waals surface area contributed by atoms with Crippen LogP contribution in [-0.2, 0) is 0 Å². The summed E-state index contributed by atoms with van der Waals surface area (Å²) in [7, 11) is 0. The lowest BCUT2D eigenvalue weighted by Crippen LogP contribution is -2.37. The van der Waals surface area contributed by atoms with Crippen LogP contribution in [0.15, 0.2) is 24.3 Å². The standard InChI is InChI=1S/C20H31N/c1-3-20(14-7-8-15-20)19(21-4-2)18-13-6-5-12-17(18)16-10-9-11-16/h5-6,12-13,16,19,21H,3-4,7-11,14-15H2,1-2H3. The monoisotopic (exact) mass is 285 g/mol. The first-order valence-electron chi connectivity index (χ1n) is 9.13. The van der Waals surface area contributed by atoms with Crippen LogP contribution in [-0.4, -0.2) is 6.54 Å². The van der Waals surface area contributed by atoms with Crippen molar-refractivity contribution in [3.05, 3.63) is 35.4 Å². The van der Waals surface area contributed by atoms with E-state index in [4.69, 9.17) is 0 Å². The fourth-order valence-electron chi connectivity index (χ4n) is 4.65. The molecule has 1 heteroatoms. The fourth-order valence-corrected chi connectivity index (χ4v) is 4.65. The predicted molar refractivity (Wildman–Crippen MR) is 90.6 cm³/mol. The second-order valence-corrected chi connectivity index (χ2v) is 7.17. The summed E-state index contributed by atoms with van der Waals surface area (Å²) in [6.07, 6.45) is 11.2. The molecule has 3 rings (SSSR count). The van der Waals surface area contributed by atoms with E-state index in [0.717, 1.165) is 12.5 Å². The highest BCUT2D eigenvalue weighted by Gasteiger charge is 2.41. The van der Waals surface area contributed by atoms with E-state index >= 15 is 0 Å². The summed E-state index contributed by atoms with van der Waals surface area (Å²) < 4.78 is 0. The van der Waals surface area contributed by atoms with Gasteiger partial charge in [0.1, 0.15) is 0 Å². The number of rotatable bonds is 6. The molecule has 0 radical (unpaired) electrons. The van der Waals surface area contributed by atoms with E-state index in [-0.39, 0.29) is 0 Å². The summed E-state index contributed by atoms with van der Waals surface area (Å²) in [5.74, 6) is 0.831. The summed E-state index contributed by atoms with van der Waals surface area (Å²) in [6.45, 7) is 5.74. The molecule has 1 nitrogen and oxygen atoms in total. The zero-order chi connectivity index (χ0) is 14.7. The van der Waals surface area contributed by atoms with E-state index in [0.29, 0.717) is 11.5 Å².